The van der Waals surface area contributed by atoms with Crippen molar-refractivity contribution < 1.29 is 13.5 Å². The molecule has 8 heteroatoms. The smallest absolute Gasteiger partial charge is 0.242 e. The molecule has 0 saturated carbocycles. The van der Waals surface area contributed by atoms with Crippen LogP contribution in [0.25, 0.3) is 0 Å². The maximum Gasteiger partial charge on any atom is 0.242 e. The minimum absolute atomic E-state index is 0.162. The maximum atomic E-state index is 12.1. The fraction of sp³-hybridized carbons (Fsp3) is 0.273. The Hall–Kier alpha value is -0.670. The molecule has 0 aliphatic carbocycles. The predicted octanol–water partition coefficient (Wildman–Crippen LogP) is 1.82. The standard InChI is InChI=1S/C11H13BrN2O3S2/c1-14-6-10(4-8(14)7-15)19(16,17)13-5-9-2-3-11(12)18-9/h2-4,6,13,15H,5,7H2,1H3. The zero-order valence-electron chi connectivity index (χ0n) is 10.1. The number of hydrogen-bond acceptors (Lipinski definition) is 4. The quantitative estimate of drug-likeness (QED) is 0.849. The zero-order valence-corrected chi connectivity index (χ0v) is 13.3. The van der Waals surface area contributed by atoms with E-state index in [9.17, 15) is 8.42 Å². The number of thiophene rings is 1. The van der Waals surface area contributed by atoms with Crippen molar-refractivity contribution in [2.24, 2.45) is 7.05 Å². The van der Waals surface area contributed by atoms with Crippen LogP contribution in [0.3, 0.4) is 0 Å². The normalized spacial score (nSPS) is 11.9. The summed E-state index contributed by atoms with van der Waals surface area (Å²) in [5, 5.41) is 9.07. The highest BCUT2D eigenvalue weighted by Gasteiger charge is 2.17. The van der Waals surface area contributed by atoms with Gasteiger partial charge in [0.15, 0.2) is 0 Å². The van der Waals surface area contributed by atoms with Gasteiger partial charge in [-0.05, 0) is 34.1 Å². The lowest BCUT2D eigenvalue weighted by molar-refractivity contribution is 0.272. The van der Waals surface area contributed by atoms with Gasteiger partial charge in [-0.1, -0.05) is 0 Å². The molecule has 2 heterocycles. The van der Waals surface area contributed by atoms with Crippen molar-refractivity contribution in [3.63, 3.8) is 0 Å². The van der Waals surface area contributed by atoms with E-state index in [1.807, 2.05) is 12.1 Å². The van der Waals surface area contributed by atoms with Crippen LogP contribution in [0, 0.1) is 0 Å². The van der Waals surface area contributed by atoms with Gasteiger partial charge >= 0.3 is 0 Å². The van der Waals surface area contributed by atoms with Gasteiger partial charge in [0.25, 0.3) is 0 Å². The highest BCUT2D eigenvalue weighted by atomic mass is 79.9. The first-order valence-electron chi connectivity index (χ1n) is 5.42. The SMILES string of the molecule is Cn1cc(S(=O)(=O)NCc2ccc(Br)s2)cc1CO. The summed E-state index contributed by atoms with van der Waals surface area (Å²) in [6, 6.07) is 5.20. The second kappa shape index (κ2) is 5.76. The monoisotopic (exact) mass is 364 g/mol. The number of sulfonamides is 1. The van der Waals surface area contributed by atoms with Crippen molar-refractivity contribution in [2.75, 3.05) is 0 Å². The van der Waals surface area contributed by atoms with Crippen molar-refractivity contribution in [1.29, 1.82) is 0 Å². The molecule has 0 spiro atoms. The number of nitrogens with one attached hydrogen (secondary N) is 1. The number of aliphatic hydroxyl groups excluding tert-OH is 1. The van der Waals surface area contributed by atoms with E-state index in [4.69, 9.17) is 5.11 Å². The van der Waals surface area contributed by atoms with Crippen molar-refractivity contribution in [1.82, 2.24) is 9.29 Å². The molecule has 5 nitrogen and oxygen atoms in total. The molecule has 0 unspecified atom stereocenters. The maximum absolute atomic E-state index is 12.1. The van der Waals surface area contributed by atoms with Crippen LogP contribution in [0.15, 0.2) is 33.1 Å². The highest BCUT2D eigenvalue weighted by molar-refractivity contribution is 9.11. The molecule has 0 radical (unpaired) electrons. The Morgan fingerprint density at radius 2 is 2.21 bits per heavy atom. The van der Waals surface area contributed by atoms with Gasteiger partial charge in [0.2, 0.25) is 10.0 Å². The average molecular weight is 365 g/mol. The van der Waals surface area contributed by atoms with Crippen LogP contribution in [-0.2, 0) is 30.2 Å². The molecule has 2 aromatic heterocycles. The summed E-state index contributed by atoms with van der Waals surface area (Å²) in [6.07, 6.45) is 1.48. The first kappa shape index (κ1) is 14.7. The minimum Gasteiger partial charge on any atom is -0.390 e. The van der Waals surface area contributed by atoms with E-state index in [0.29, 0.717) is 5.69 Å². The van der Waals surface area contributed by atoms with Gasteiger partial charge in [-0.3, -0.25) is 0 Å². The molecular formula is C11H13BrN2O3S2. The molecule has 104 valence electrons. The fourth-order valence-electron chi connectivity index (χ4n) is 1.58. The minimum atomic E-state index is -3.55. The lowest BCUT2D eigenvalue weighted by Gasteiger charge is -2.02. The Morgan fingerprint density at radius 3 is 2.74 bits per heavy atom. The average Bonchev–Trinajstić information content (AvgIpc) is 2.93. The number of nitrogens with zero attached hydrogens (tertiary/aromatic N) is 1. The van der Waals surface area contributed by atoms with E-state index in [0.717, 1.165) is 8.66 Å². The predicted molar refractivity (Wildman–Crippen MR) is 77.4 cm³/mol. The second-order valence-corrected chi connectivity index (χ2v) is 8.28. The van der Waals surface area contributed by atoms with Gasteiger partial charge in [-0.15, -0.1) is 11.3 Å². The number of rotatable bonds is 5. The van der Waals surface area contributed by atoms with Crippen LogP contribution in [0.4, 0.5) is 0 Å². The van der Waals surface area contributed by atoms with Crippen LogP contribution in [0.1, 0.15) is 10.6 Å². The molecule has 0 aliphatic heterocycles. The number of hydrogen-bond donors (Lipinski definition) is 2. The Kier molecular flexibility index (Phi) is 4.46. The third-order valence-electron chi connectivity index (χ3n) is 2.62. The first-order chi connectivity index (χ1) is 8.92. The Bertz CT molecular complexity index is 676. The van der Waals surface area contributed by atoms with Gasteiger partial charge in [0, 0.05) is 30.4 Å². The van der Waals surface area contributed by atoms with E-state index >= 15 is 0 Å². The topological polar surface area (TPSA) is 71.3 Å². The van der Waals surface area contributed by atoms with Crippen LogP contribution in [0.2, 0.25) is 0 Å². The van der Waals surface area contributed by atoms with Crippen LogP contribution >= 0.6 is 27.3 Å². The number of aromatic nitrogens is 1. The Morgan fingerprint density at radius 1 is 1.47 bits per heavy atom. The van der Waals surface area contributed by atoms with Crippen LogP contribution in [-0.4, -0.2) is 18.1 Å². The summed E-state index contributed by atoms with van der Waals surface area (Å²) in [6.45, 7) is 0.0614. The third kappa shape index (κ3) is 3.46. The molecule has 0 amide bonds. The van der Waals surface area contributed by atoms with Crippen molar-refractivity contribution in [3.05, 3.63) is 38.8 Å². The molecule has 0 aliphatic rings. The van der Waals surface area contributed by atoms with Gasteiger partial charge in [-0.2, -0.15) is 0 Å². The van der Waals surface area contributed by atoms with Crippen molar-refractivity contribution in [2.45, 2.75) is 18.0 Å². The van der Waals surface area contributed by atoms with E-state index in [2.05, 4.69) is 20.7 Å². The first-order valence-corrected chi connectivity index (χ1v) is 8.51. The van der Waals surface area contributed by atoms with E-state index in [-0.39, 0.29) is 18.0 Å². The molecule has 2 aromatic rings. The van der Waals surface area contributed by atoms with E-state index in [1.165, 1.54) is 23.6 Å². The Balaban J connectivity index is 2.13. The summed E-state index contributed by atoms with van der Waals surface area (Å²) < 4.78 is 29.3. The van der Waals surface area contributed by atoms with Crippen LogP contribution < -0.4 is 4.72 Å². The molecule has 0 fully saturated rings. The summed E-state index contributed by atoms with van der Waals surface area (Å²) in [5.41, 5.74) is 0.555. The molecule has 0 atom stereocenters. The lowest BCUT2D eigenvalue weighted by atomic mass is 10.5. The molecule has 2 rings (SSSR count). The Labute approximate surface area is 124 Å². The van der Waals surface area contributed by atoms with Gasteiger partial charge < -0.3 is 9.67 Å². The summed E-state index contributed by atoms with van der Waals surface area (Å²) in [7, 11) is -1.86. The molecule has 0 aromatic carbocycles. The molecule has 0 bridgehead atoms. The van der Waals surface area contributed by atoms with Crippen molar-refractivity contribution >= 4 is 37.3 Å². The number of aryl methyl sites for hydroxylation is 1. The highest BCUT2D eigenvalue weighted by Crippen LogP contribution is 2.22. The van der Waals surface area contributed by atoms with Gasteiger partial charge in [-0.25, -0.2) is 13.1 Å². The number of halogens is 1. The molecular weight excluding hydrogens is 352 g/mol. The second-order valence-electron chi connectivity index (χ2n) is 3.97. The lowest BCUT2D eigenvalue weighted by Crippen LogP contribution is -2.22. The molecule has 0 saturated heterocycles. The molecule has 19 heavy (non-hydrogen) atoms. The van der Waals surface area contributed by atoms with E-state index in [1.54, 1.807) is 11.6 Å². The fourth-order valence-corrected chi connectivity index (χ4v) is 4.19. The van der Waals surface area contributed by atoms with Crippen LogP contribution in [0.5, 0.6) is 0 Å². The zero-order chi connectivity index (χ0) is 14.0. The summed E-state index contributed by atoms with van der Waals surface area (Å²) in [5.74, 6) is 0. The van der Waals surface area contributed by atoms with Gasteiger partial charge in [0.05, 0.1) is 15.3 Å². The largest absolute Gasteiger partial charge is 0.390 e. The summed E-state index contributed by atoms with van der Waals surface area (Å²) >= 11 is 4.81. The van der Waals surface area contributed by atoms with E-state index < -0.39 is 10.0 Å². The summed E-state index contributed by atoms with van der Waals surface area (Å²) in [4.78, 5) is 1.09. The number of aliphatic hydroxyl groups is 1. The molecule has 2 N–H and O–H groups in total. The third-order valence-corrected chi connectivity index (χ3v) is 5.61. The van der Waals surface area contributed by atoms with Gasteiger partial charge in [0.1, 0.15) is 0 Å². The van der Waals surface area contributed by atoms with Crippen molar-refractivity contribution in [3.8, 4) is 0 Å².